The topological polar surface area (TPSA) is 58.4 Å². The smallest absolute Gasteiger partial charge is 0.215 e. The van der Waals surface area contributed by atoms with Gasteiger partial charge in [-0.15, -0.1) is 0 Å². The fourth-order valence-electron chi connectivity index (χ4n) is 3.29. The minimum Gasteiger partial charge on any atom is -0.454 e. The Labute approximate surface area is 166 Å². The van der Waals surface area contributed by atoms with Crippen LogP contribution in [-0.4, -0.2) is 27.5 Å². The zero-order valence-corrected chi connectivity index (χ0v) is 16.2. The van der Waals surface area contributed by atoms with Crippen LogP contribution < -0.4 is 4.74 Å². The van der Waals surface area contributed by atoms with Gasteiger partial charge in [0.25, 0.3) is 0 Å². The van der Waals surface area contributed by atoms with Crippen molar-refractivity contribution in [2.45, 2.75) is 32.3 Å². The normalized spacial score (nSPS) is 21.8. The van der Waals surface area contributed by atoms with Crippen molar-refractivity contribution >= 4 is 11.6 Å². The summed E-state index contributed by atoms with van der Waals surface area (Å²) in [4.78, 5) is 3.98. The summed E-state index contributed by atoms with van der Waals surface area (Å²) in [7, 11) is 0. The fraction of sp³-hybridized carbons (Fsp3) is 0.300. The van der Waals surface area contributed by atoms with Crippen LogP contribution in [0.25, 0.3) is 0 Å². The van der Waals surface area contributed by atoms with Gasteiger partial charge in [0.05, 0.1) is 12.7 Å². The molecule has 1 saturated heterocycles. The molecule has 0 bridgehead atoms. The van der Waals surface area contributed by atoms with E-state index in [9.17, 15) is 4.39 Å². The maximum absolute atomic E-state index is 14.0. The first-order chi connectivity index (χ1) is 13.4. The SMILES string of the molecule is Cc1cc(Oc2ccc(Cl)cc2F)ccc1C1(Cn2cncn2)OCC(C)O1. The van der Waals surface area contributed by atoms with Gasteiger partial charge in [0, 0.05) is 10.6 Å². The lowest BCUT2D eigenvalue weighted by Gasteiger charge is -2.29. The van der Waals surface area contributed by atoms with Crippen LogP contribution in [0.5, 0.6) is 11.5 Å². The Morgan fingerprint density at radius 3 is 2.82 bits per heavy atom. The van der Waals surface area contributed by atoms with Gasteiger partial charge >= 0.3 is 0 Å². The monoisotopic (exact) mass is 403 g/mol. The number of hydrogen-bond acceptors (Lipinski definition) is 5. The highest BCUT2D eigenvalue weighted by Crippen LogP contribution is 2.39. The third-order valence-corrected chi connectivity index (χ3v) is 4.74. The zero-order chi connectivity index (χ0) is 19.7. The highest BCUT2D eigenvalue weighted by atomic mass is 35.5. The molecular formula is C20H19ClFN3O3. The van der Waals surface area contributed by atoms with Gasteiger partial charge in [0.15, 0.2) is 11.6 Å². The van der Waals surface area contributed by atoms with E-state index in [4.69, 9.17) is 25.8 Å². The van der Waals surface area contributed by atoms with Crippen LogP contribution in [-0.2, 0) is 21.8 Å². The molecule has 6 nitrogen and oxygen atoms in total. The van der Waals surface area contributed by atoms with Gasteiger partial charge in [-0.2, -0.15) is 5.10 Å². The van der Waals surface area contributed by atoms with Crippen LogP contribution in [0, 0.1) is 12.7 Å². The molecule has 28 heavy (non-hydrogen) atoms. The van der Waals surface area contributed by atoms with Gasteiger partial charge in [-0.1, -0.05) is 11.6 Å². The summed E-state index contributed by atoms with van der Waals surface area (Å²) < 4.78 is 33.6. The second-order valence-corrected chi connectivity index (χ2v) is 7.18. The standard InChI is InChI=1S/C20H19ClFN3O3/c1-13-7-16(27-19-6-3-15(21)8-18(19)22)4-5-17(13)20(26-9-14(2)28-20)10-25-12-23-11-24-25/h3-8,11-12,14H,9-10H2,1-2H3. The Hall–Kier alpha value is -2.48. The van der Waals surface area contributed by atoms with E-state index in [1.807, 2.05) is 26.0 Å². The third kappa shape index (κ3) is 3.73. The molecule has 2 aromatic carbocycles. The lowest BCUT2D eigenvalue weighted by atomic mass is 9.99. The second-order valence-electron chi connectivity index (χ2n) is 6.74. The van der Waals surface area contributed by atoms with Crippen LogP contribution in [0.3, 0.4) is 0 Å². The van der Waals surface area contributed by atoms with Crippen molar-refractivity contribution in [3.05, 3.63) is 71.0 Å². The zero-order valence-electron chi connectivity index (χ0n) is 15.4. The average molecular weight is 404 g/mol. The molecule has 1 aliphatic rings. The molecule has 8 heteroatoms. The molecular weight excluding hydrogens is 385 g/mol. The van der Waals surface area contributed by atoms with Crippen molar-refractivity contribution in [1.29, 1.82) is 0 Å². The lowest BCUT2D eigenvalue weighted by Crippen LogP contribution is -2.34. The van der Waals surface area contributed by atoms with E-state index in [2.05, 4.69) is 10.1 Å². The number of nitrogens with zero attached hydrogens (tertiary/aromatic N) is 3. The number of rotatable bonds is 5. The first kappa shape index (κ1) is 18.9. The lowest BCUT2D eigenvalue weighted by molar-refractivity contribution is -0.187. The molecule has 0 N–H and O–H groups in total. The van der Waals surface area contributed by atoms with E-state index < -0.39 is 11.6 Å². The van der Waals surface area contributed by atoms with Gasteiger partial charge in [-0.3, -0.25) is 0 Å². The highest BCUT2D eigenvalue weighted by Gasteiger charge is 2.43. The quantitative estimate of drug-likeness (QED) is 0.629. The maximum Gasteiger partial charge on any atom is 0.215 e. The molecule has 2 heterocycles. The molecule has 0 amide bonds. The molecule has 0 aliphatic carbocycles. The van der Waals surface area contributed by atoms with Crippen molar-refractivity contribution in [3.8, 4) is 11.5 Å². The summed E-state index contributed by atoms with van der Waals surface area (Å²) in [5.41, 5.74) is 1.75. The van der Waals surface area contributed by atoms with Crippen LogP contribution in [0.15, 0.2) is 49.1 Å². The molecule has 1 aromatic heterocycles. The number of aryl methyl sites for hydroxylation is 1. The molecule has 0 saturated carbocycles. The summed E-state index contributed by atoms with van der Waals surface area (Å²) in [5.74, 6) is -0.880. The van der Waals surface area contributed by atoms with Crippen molar-refractivity contribution in [2.75, 3.05) is 6.61 Å². The van der Waals surface area contributed by atoms with Gasteiger partial charge in [-0.25, -0.2) is 14.1 Å². The molecule has 2 atom stereocenters. The number of ether oxygens (including phenoxy) is 3. The van der Waals surface area contributed by atoms with Crippen LogP contribution >= 0.6 is 11.6 Å². The summed E-state index contributed by atoms with van der Waals surface area (Å²) >= 11 is 5.79. The number of halogens is 2. The van der Waals surface area contributed by atoms with E-state index in [1.54, 1.807) is 23.1 Å². The molecule has 1 aliphatic heterocycles. The first-order valence-electron chi connectivity index (χ1n) is 8.83. The van der Waals surface area contributed by atoms with E-state index >= 15 is 0 Å². The van der Waals surface area contributed by atoms with Gasteiger partial charge in [-0.05, 0) is 55.8 Å². The van der Waals surface area contributed by atoms with Gasteiger partial charge in [0.1, 0.15) is 24.9 Å². The Bertz CT molecular complexity index is 983. The van der Waals surface area contributed by atoms with Crippen molar-refractivity contribution in [2.24, 2.45) is 0 Å². The summed E-state index contributed by atoms with van der Waals surface area (Å²) in [6, 6.07) is 9.74. The third-order valence-electron chi connectivity index (χ3n) is 4.51. The predicted octanol–water partition coefficient (Wildman–Crippen LogP) is 4.46. The first-order valence-corrected chi connectivity index (χ1v) is 9.21. The van der Waals surface area contributed by atoms with E-state index in [-0.39, 0.29) is 11.9 Å². The molecule has 1 fully saturated rings. The minimum atomic E-state index is -0.971. The van der Waals surface area contributed by atoms with Gasteiger partial charge in [0.2, 0.25) is 5.79 Å². The Morgan fingerprint density at radius 1 is 1.32 bits per heavy atom. The van der Waals surface area contributed by atoms with Crippen LogP contribution in [0.1, 0.15) is 18.1 Å². The highest BCUT2D eigenvalue weighted by molar-refractivity contribution is 6.30. The molecule has 4 rings (SSSR count). The second kappa shape index (κ2) is 7.50. The largest absolute Gasteiger partial charge is 0.454 e. The summed E-state index contributed by atoms with van der Waals surface area (Å²) in [6.07, 6.45) is 3.03. The van der Waals surface area contributed by atoms with E-state index in [0.717, 1.165) is 11.1 Å². The van der Waals surface area contributed by atoms with Crippen molar-refractivity contribution in [1.82, 2.24) is 14.8 Å². The Kier molecular flexibility index (Phi) is 5.05. The number of hydrogen-bond donors (Lipinski definition) is 0. The average Bonchev–Trinajstić information content (AvgIpc) is 3.28. The predicted molar refractivity (Wildman–Crippen MR) is 101 cm³/mol. The Morgan fingerprint density at radius 2 is 2.18 bits per heavy atom. The summed E-state index contributed by atoms with van der Waals surface area (Å²) in [6.45, 7) is 4.73. The molecule has 2 unspecified atom stereocenters. The minimum absolute atomic E-state index is 0.0537. The molecule has 146 valence electrons. The van der Waals surface area contributed by atoms with Crippen molar-refractivity contribution < 1.29 is 18.6 Å². The summed E-state index contributed by atoms with van der Waals surface area (Å²) in [5, 5.41) is 4.48. The Balaban J connectivity index is 1.63. The van der Waals surface area contributed by atoms with E-state index in [1.165, 1.54) is 18.5 Å². The van der Waals surface area contributed by atoms with Crippen LogP contribution in [0.4, 0.5) is 4.39 Å². The van der Waals surface area contributed by atoms with Crippen molar-refractivity contribution in [3.63, 3.8) is 0 Å². The number of aromatic nitrogens is 3. The van der Waals surface area contributed by atoms with E-state index in [0.29, 0.717) is 23.9 Å². The maximum atomic E-state index is 14.0. The molecule has 3 aromatic rings. The van der Waals surface area contributed by atoms with Crippen LogP contribution in [0.2, 0.25) is 5.02 Å². The number of benzene rings is 2. The molecule has 0 radical (unpaired) electrons. The molecule has 0 spiro atoms. The fourth-order valence-corrected chi connectivity index (χ4v) is 3.45. The van der Waals surface area contributed by atoms with Gasteiger partial charge < -0.3 is 14.2 Å².